The fourth-order valence-electron chi connectivity index (χ4n) is 4.93. The highest BCUT2D eigenvalue weighted by Gasteiger charge is 2.18. The highest BCUT2D eigenvalue weighted by Crippen LogP contribution is 2.20. The number of rotatable bonds is 8. The van der Waals surface area contributed by atoms with Crippen molar-refractivity contribution in [3.63, 3.8) is 0 Å². The van der Waals surface area contributed by atoms with Crippen LogP contribution in [-0.4, -0.2) is 44.8 Å². The topological polar surface area (TPSA) is 117 Å². The number of carbonyl (C=O) groups is 1. The van der Waals surface area contributed by atoms with Crippen LogP contribution in [0.25, 0.3) is 22.1 Å². The molecule has 0 saturated heterocycles. The van der Waals surface area contributed by atoms with Crippen molar-refractivity contribution < 1.29 is 4.79 Å². The normalized spacial score (nSPS) is 11.4. The van der Waals surface area contributed by atoms with Crippen molar-refractivity contribution in [2.24, 2.45) is 7.05 Å². The Hall–Kier alpha value is -5.06. The van der Waals surface area contributed by atoms with E-state index in [4.69, 9.17) is 4.98 Å². The molecule has 0 spiro atoms. The molecule has 6 rings (SSSR count). The van der Waals surface area contributed by atoms with Crippen molar-refractivity contribution >= 4 is 33.7 Å². The van der Waals surface area contributed by atoms with E-state index in [1.165, 1.54) is 11.7 Å². The molecule has 0 aliphatic heterocycles. The Balaban J connectivity index is 1.36. The van der Waals surface area contributed by atoms with E-state index in [-0.39, 0.29) is 11.6 Å². The van der Waals surface area contributed by atoms with Crippen molar-refractivity contribution in [2.45, 2.75) is 33.0 Å². The SMILES string of the molecule is CC(=O)Nc1ccc(Cn2c(=O)n(Cc3nc4ccccc4n3CCc3nnn(C)n3)c3ccccc32)cc1. The van der Waals surface area contributed by atoms with Gasteiger partial charge in [0.2, 0.25) is 5.91 Å². The number of para-hydroxylation sites is 4. The largest absolute Gasteiger partial charge is 0.329 e. The molecule has 3 aromatic heterocycles. The number of imidazole rings is 2. The Kier molecular flexibility index (Phi) is 6.23. The molecule has 1 N–H and O–H groups in total. The molecule has 0 bridgehead atoms. The molecule has 6 aromatic rings. The summed E-state index contributed by atoms with van der Waals surface area (Å²) in [6.07, 6.45) is 0.590. The average molecular weight is 522 g/mol. The lowest BCUT2D eigenvalue weighted by Gasteiger charge is -2.09. The predicted octanol–water partition coefficient (Wildman–Crippen LogP) is 2.97. The van der Waals surface area contributed by atoms with E-state index in [0.717, 1.165) is 39.1 Å². The monoisotopic (exact) mass is 521 g/mol. The van der Waals surface area contributed by atoms with Crippen molar-refractivity contribution in [2.75, 3.05) is 5.32 Å². The number of hydrogen-bond acceptors (Lipinski definition) is 6. The van der Waals surface area contributed by atoms with Gasteiger partial charge in [0.1, 0.15) is 5.82 Å². The predicted molar refractivity (Wildman–Crippen MR) is 147 cm³/mol. The third-order valence-electron chi connectivity index (χ3n) is 6.68. The number of tetrazole rings is 1. The van der Waals surface area contributed by atoms with E-state index >= 15 is 0 Å². The summed E-state index contributed by atoms with van der Waals surface area (Å²) in [5.74, 6) is 1.31. The molecular formula is C28H27N9O2. The summed E-state index contributed by atoms with van der Waals surface area (Å²) >= 11 is 0. The second-order valence-corrected chi connectivity index (χ2v) is 9.44. The van der Waals surface area contributed by atoms with Crippen LogP contribution >= 0.6 is 0 Å². The first kappa shape index (κ1) is 24.3. The Labute approximate surface area is 223 Å². The summed E-state index contributed by atoms with van der Waals surface area (Å²) in [6, 6.07) is 23.3. The summed E-state index contributed by atoms with van der Waals surface area (Å²) in [7, 11) is 1.74. The zero-order valence-corrected chi connectivity index (χ0v) is 21.7. The molecule has 196 valence electrons. The van der Waals surface area contributed by atoms with Crippen molar-refractivity contribution in [3.05, 3.63) is 100 Å². The number of anilines is 1. The van der Waals surface area contributed by atoms with Crippen LogP contribution in [0.3, 0.4) is 0 Å². The van der Waals surface area contributed by atoms with E-state index in [0.29, 0.717) is 31.9 Å². The van der Waals surface area contributed by atoms with Gasteiger partial charge in [0, 0.05) is 25.6 Å². The lowest BCUT2D eigenvalue weighted by Crippen LogP contribution is -2.26. The first-order chi connectivity index (χ1) is 19.0. The molecule has 11 nitrogen and oxygen atoms in total. The van der Waals surface area contributed by atoms with Crippen molar-refractivity contribution in [1.82, 2.24) is 38.9 Å². The molecule has 11 heteroatoms. The quantitative estimate of drug-likeness (QED) is 0.329. The summed E-state index contributed by atoms with van der Waals surface area (Å²) in [6.45, 7) is 2.80. The van der Waals surface area contributed by atoms with Gasteiger partial charge >= 0.3 is 5.69 Å². The highest BCUT2D eigenvalue weighted by molar-refractivity contribution is 5.88. The van der Waals surface area contributed by atoms with Crippen LogP contribution < -0.4 is 11.0 Å². The Bertz CT molecular complexity index is 1860. The van der Waals surface area contributed by atoms with Gasteiger partial charge in [-0.25, -0.2) is 9.78 Å². The Morgan fingerprint density at radius 1 is 0.846 bits per heavy atom. The second-order valence-electron chi connectivity index (χ2n) is 9.44. The van der Waals surface area contributed by atoms with Gasteiger partial charge in [0.15, 0.2) is 5.82 Å². The maximum Gasteiger partial charge on any atom is 0.329 e. The molecule has 0 atom stereocenters. The summed E-state index contributed by atoms with van der Waals surface area (Å²) in [5, 5.41) is 15.1. The van der Waals surface area contributed by atoms with Crippen LogP contribution in [0, 0.1) is 0 Å². The standard InChI is InChI=1S/C28H27N9O2/c1-19(38)29-21-13-11-20(12-14-21)17-36-24-9-5-6-10-25(24)37(28(36)39)18-27-30-22-7-3-4-8-23(22)35(27)16-15-26-31-33-34(2)32-26/h3-14H,15-18H2,1-2H3,(H,29,38). The van der Waals surface area contributed by atoms with Crippen molar-refractivity contribution in [1.29, 1.82) is 0 Å². The number of amides is 1. The molecule has 0 radical (unpaired) electrons. The minimum Gasteiger partial charge on any atom is -0.326 e. The van der Waals surface area contributed by atoms with Crippen LogP contribution in [0.15, 0.2) is 77.6 Å². The summed E-state index contributed by atoms with van der Waals surface area (Å²) < 4.78 is 5.68. The number of hydrogen-bond donors (Lipinski definition) is 1. The summed E-state index contributed by atoms with van der Waals surface area (Å²) in [5.41, 5.74) is 5.11. The minimum atomic E-state index is -0.124. The first-order valence-electron chi connectivity index (χ1n) is 12.7. The Morgan fingerprint density at radius 2 is 1.51 bits per heavy atom. The van der Waals surface area contributed by atoms with Gasteiger partial charge in [-0.15, -0.1) is 10.2 Å². The van der Waals surface area contributed by atoms with Crippen LogP contribution in [0.2, 0.25) is 0 Å². The average Bonchev–Trinajstić information content (AvgIpc) is 3.58. The number of aromatic nitrogens is 8. The van der Waals surface area contributed by atoms with E-state index < -0.39 is 0 Å². The van der Waals surface area contributed by atoms with Crippen LogP contribution in [0.5, 0.6) is 0 Å². The molecule has 3 heterocycles. The summed E-state index contributed by atoms with van der Waals surface area (Å²) in [4.78, 5) is 31.5. The van der Waals surface area contributed by atoms with Gasteiger partial charge in [-0.2, -0.15) is 4.80 Å². The lowest BCUT2D eigenvalue weighted by atomic mass is 10.2. The van der Waals surface area contributed by atoms with E-state index in [1.54, 1.807) is 16.2 Å². The van der Waals surface area contributed by atoms with Crippen molar-refractivity contribution in [3.8, 4) is 0 Å². The third-order valence-corrected chi connectivity index (χ3v) is 6.68. The van der Waals surface area contributed by atoms with Crippen LogP contribution in [0.4, 0.5) is 5.69 Å². The molecule has 0 aliphatic carbocycles. The molecule has 39 heavy (non-hydrogen) atoms. The number of fused-ring (bicyclic) bond motifs is 2. The fourth-order valence-corrected chi connectivity index (χ4v) is 4.93. The number of benzene rings is 3. The van der Waals surface area contributed by atoms with Crippen LogP contribution in [-0.2, 0) is 37.9 Å². The third kappa shape index (κ3) is 4.81. The minimum absolute atomic E-state index is 0.115. The number of nitrogens with zero attached hydrogens (tertiary/aromatic N) is 8. The zero-order valence-electron chi connectivity index (χ0n) is 21.7. The molecule has 0 aliphatic rings. The maximum absolute atomic E-state index is 13.8. The fraction of sp³-hybridized carbons (Fsp3) is 0.214. The first-order valence-corrected chi connectivity index (χ1v) is 12.7. The van der Waals surface area contributed by atoms with Gasteiger partial charge in [-0.05, 0) is 47.2 Å². The van der Waals surface area contributed by atoms with E-state index in [1.807, 2.05) is 72.8 Å². The number of aryl methyl sites for hydroxylation is 3. The number of nitrogens with one attached hydrogen (secondary N) is 1. The lowest BCUT2D eigenvalue weighted by molar-refractivity contribution is -0.114. The molecule has 0 fully saturated rings. The maximum atomic E-state index is 13.8. The zero-order chi connectivity index (χ0) is 26.9. The molecule has 3 aromatic carbocycles. The molecule has 0 saturated carbocycles. The molecule has 1 amide bonds. The Morgan fingerprint density at radius 3 is 2.18 bits per heavy atom. The van der Waals surface area contributed by atoms with Gasteiger partial charge in [0.25, 0.3) is 0 Å². The van der Waals surface area contributed by atoms with Gasteiger partial charge in [0.05, 0.1) is 42.2 Å². The molecule has 0 unspecified atom stereocenters. The van der Waals surface area contributed by atoms with Gasteiger partial charge in [-0.1, -0.05) is 36.4 Å². The van der Waals surface area contributed by atoms with Gasteiger partial charge in [-0.3, -0.25) is 13.9 Å². The van der Waals surface area contributed by atoms with E-state index in [9.17, 15) is 9.59 Å². The van der Waals surface area contributed by atoms with E-state index in [2.05, 4.69) is 25.3 Å². The number of carbonyl (C=O) groups excluding carboxylic acids is 1. The second kappa shape index (κ2) is 10.0. The van der Waals surface area contributed by atoms with Gasteiger partial charge < -0.3 is 9.88 Å². The van der Waals surface area contributed by atoms with Crippen LogP contribution in [0.1, 0.15) is 24.1 Å². The highest BCUT2D eigenvalue weighted by atomic mass is 16.2. The smallest absolute Gasteiger partial charge is 0.326 e. The molecular weight excluding hydrogens is 494 g/mol.